The average molecular weight is 268 g/mol. The van der Waals surface area contributed by atoms with Gasteiger partial charge in [-0.2, -0.15) is 0 Å². The Balaban J connectivity index is 2.26. The Morgan fingerprint density at radius 2 is 2.05 bits per heavy atom. The summed E-state index contributed by atoms with van der Waals surface area (Å²) in [6.45, 7) is 10.0. The lowest BCUT2D eigenvalue weighted by Gasteiger charge is -2.51. The molecular formula is C15H28N2O2. The average Bonchev–Trinajstić information content (AvgIpc) is 2.40. The van der Waals surface area contributed by atoms with Gasteiger partial charge in [-0.1, -0.05) is 6.42 Å². The molecule has 3 fully saturated rings. The topological polar surface area (TPSA) is 55.6 Å². The monoisotopic (exact) mass is 268 g/mol. The van der Waals surface area contributed by atoms with Crippen molar-refractivity contribution < 1.29 is 9.53 Å². The van der Waals surface area contributed by atoms with Gasteiger partial charge in [0.25, 0.3) is 0 Å². The summed E-state index contributed by atoms with van der Waals surface area (Å²) in [5.74, 6) is 0.406. The maximum atomic E-state index is 12.5. The van der Waals surface area contributed by atoms with Gasteiger partial charge in [-0.25, -0.2) is 4.79 Å². The van der Waals surface area contributed by atoms with E-state index in [-0.39, 0.29) is 23.7 Å². The van der Waals surface area contributed by atoms with Crippen molar-refractivity contribution in [3.8, 4) is 0 Å². The molecule has 19 heavy (non-hydrogen) atoms. The highest BCUT2D eigenvalue weighted by Crippen LogP contribution is 2.44. The fraction of sp³-hybridized carbons (Fsp3) is 0.933. The van der Waals surface area contributed by atoms with Gasteiger partial charge in [-0.3, -0.25) is 4.90 Å². The van der Waals surface area contributed by atoms with Crippen LogP contribution in [0.3, 0.4) is 0 Å². The Morgan fingerprint density at radius 1 is 1.42 bits per heavy atom. The van der Waals surface area contributed by atoms with Crippen molar-refractivity contribution in [3.05, 3.63) is 0 Å². The number of amides is 1. The van der Waals surface area contributed by atoms with Crippen LogP contribution in [-0.2, 0) is 4.74 Å². The van der Waals surface area contributed by atoms with Crippen molar-refractivity contribution in [3.63, 3.8) is 0 Å². The van der Waals surface area contributed by atoms with E-state index in [4.69, 9.17) is 10.5 Å². The summed E-state index contributed by atoms with van der Waals surface area (Å²) in [5, 5.41) is 0. The zero-order valence-corrected chi connectivity index (χ0v) is 12.9. The standard InChI is InChI=1S/C15H28N2O2/c1-10-11-7-6-8-15(5,9-12(11)16)17(10)13(18)19-14(2,3)4/h10-12H,6-9,16H2,1-5H3/t10-,11?,12-,15-/m0/s1. The molecule has 3 rings (SSSR count). The number of piperidine rings is 1. The van der Waals surface area contributed by atoms with Gasteiger partial charge in [-0.05, 0) is 59.8 Å². The maximum absolute atomic E-state index is 12.5. The minimum absolute atomic E-state index is 0.145. The molecule has 4 heteroatoms. The molecule has 0 aromatic carbocycles. The Bertz CT molecular complexity index is 364. The zero-order valence-electron chi connectivity index (χ0n) is 12.9. The third-order valence-corrected chi connectivity index (χ3v) is 4.68. The number of carbonyl (C=O) groups is 1. The molecule has 4 nitrogen and oxygen atoms in total. The van der Waals surface area contributed by atoms with Crippen LogP contribution in [0, 0.1) is 5.92 Å². The highest BCUT2D eigenvalue weighted by atomic mass is 16.6. The highest BCUT2D eigenvalue weighted by Gasteiger charge is 2.51. The summed E-state index contributed by atoms with van der Waals surface area (Å²) < 4.78 is 5.60. The number of hydrogen-bond acceptors (Lipinski definition) is 3. The Labute approximate surface area is 116 Å². The molecule has 110 valence electrons. The molecule has 2 bridgehead atoms. The first-order valence-electron chi connectivity index (χ1n) is 7.42. The molecule has 1 amide bonds. The molecule has 2 heterocycles. The van der Waals surface area contributed by atoms with E-state index in [1.807, 2.05) is 25.7 Å². The van der Waals surface area contributed by atoms with Crippen LogP contribution in [0.2, 0.25) is 0 Å². The molecule has 1 aliphatic carbocycles. The second-order valence-electron chi connectivity index (χ2n) is 7.51. The van der Waals surface area contributed by atoms with Crippen molar-refractivity contribution in [1.29, 1.82) is 0 Å². The van der Waals surface area contributed by atoms with Crippen LogP contribution in [0.4, 0.5) is 4.79 Å². The Hall–Kier alpha value is -0.770. The lowest BCUT2D eigenvalue weighted by molar-refractivity contribution is -0.0412. The lowest BCUT2D eigenvalue weighted by atomic mass is 9.78. The SMILES string of the molecule is C[C@H]1C2CCC[C@@](C)(C[C@@H]2N)N1C(=O)OC(C)(C)C. The van der Waals surface area contributed by atoms with Gasteiger partial charge in [-0.15, -0.1) is 0 Å². The number of rotatable bonds is 0. The van der Waals surface area contributed by atoms with Gasteiger partial charge >= 0.3 is 6.09 Å². The largest absolute Gasteiger partial charge is 0.444 e. The van der Waals surface area contributed by atoms with Gasteiger partial charge in [0.2, 0.25) is 0 Å². The smallest absolute Gasteiger partial charge is 0.410 e. The van der Waals surface area contributed by atoms with E-state index in [1.165, 1.54) is 0 Å². The Kier molecular flexibility index (Phi) is 3.58. The van der Waals surface area contributed by atoms with Gasteiger partial charge in [0, 0.05) is 17.6 Å². The lowest BCUT2D eigenvalue weighted by Crippen LogP contribution is -2.64. The van der Waals surface area contributed by atoms with E-state index in [0.29, 0.717) is 5.92 Å². The summed E-state index contributed by atoms with van der Waals surface area (Å²) >= 11 is 0. The minimum atomic E-state index is -0.444. The molecule has 2 aliphatic heterocycles. The van der Waals surface area contributed by atoms with Crippen molar-refractivity contribution in [2.24, 2.45) is 11.7 Å². The van der Waals surface area contributed by atoms with Crippen LogP contribution >= 0.6 is 0 Å². The summed E-state index contributed by atoms with van der Waals surface area (Å²) in [6.07, 6.45) is 4.01. The van der Waals surface area contributed by atoms with Crippen LogP contribution < -0.4 is 5.73 Å². The summed E-state index contributed by atoms with van der Waals surface area (Å²) in [6, 6.07) is 0.382. The highest BCUT2D eigenvalue weighted by molar-refractivity contribution is 5.70. The van der Waals surface area contributed by atoms with Gasteiger partial charge in [0.05, 0.1) is 0 Å². The molecular weight excluding hydrogens is 240 g/mol. The number of hydrogen-bond donors (Lipinski definition) is 1. The molecule has 0 spiro atoms. The summed E-state index contributed by atoms with van der Waals surface area (Å²) in [4.78, 5) is 14.5. The molecule has 3 aliphatic rings. The fourth-order valence-corrected chi connectivity index (χ4v) is 3.89. The molecule has 4 atom stereocenters. The van der Waals surface area contributed by atoms with Crippen molar-refractivity contribution in [2.45, 2.75) is 83.5 Å². The fourth-order valence-electron chi connectivity index (χ4n) is 3.89. The normalized spacial score (nSPS) is 39.1. The van der Waals surface area contributed by atoms with E-state index < -0.39 is 5.60 Å². The quantitative estimate of drug-likeness (QED) is 0.735. The van der Waals surface area contributed by atoms with E-state index in [1.54, 1.807) is 0 Å². The van der Waals surface area contributed by atoms with Gasteiger partial charge < -0.3 is 10.5 Å². The first-order valence-corrected chi connectivity index (χ1v) is 7.42. The first kappa shape index (κ1) is 14.6. The van der Waals surface area contributed by atoms with Gasteiger partial charge in [0.1, 0.15) is 5.60 Å². The summed E-state index contributed by atoms with van der Waals surface area (Å²) in [5.41, 5.74) is 5.72. The van der Waals surface area contributed by atoms with E-state index >= 15 is 0 Å². The number of ether oxygens (including phenoxy) is 1. The van der Waals surface area contributed by atoms with E-state index in [9.17, 15) is 4.79 Å². The number of nitrogens with two attached hydrogens (primary N) is 1. The third kappa shape index (κ3) is 2.73. The van der Waals surface area contributed by atoms with Crippen molar-refractivity contribution >= 4 is 6.09 Å². The van der Waals surface area contributed by atoms with E-state index in [0.717, 1.165) is 25.7 Å². The molecule has 2 saturated heterocycles. The number of carbonyl (C=O) groups excluding carboxylic acids is 1. The van der Waals surface area contributed by atoms with E-state index in [2.05, 4.69) is 13.8 Å². The van der Waals surface area contributed by atoms with Crippen molar-refractivity contribution in [1.82, 2.24) is 4.90 Å². The second kappa shape index (κ2) is 4.65. The number of fused-ring (bicyclic) bond motifs is 4. The van der Waals surface area contributed by atoms with Crippen LogP contribution in [0.15, 0.2) is 0 Å². The second-order valence-corrected chi connectivity index (χ2v) is 7.51. The maximum Gasteiger partial charge on any atom is 0.410 e. The molecule has 0 aromatic rings. The third-order valence-electron chi connectivity index (χ3n) is 4.68. The van der Waals surface area contributed by atoms with Gasteiger partial charge in [0.15, 0.2) is 0 Å². The predicted molar refractivity (Wildman–Crippen MR) is 75.9 cm³/mol. The Morgan fingerprint density at radius 3 is 2.63 bits per heavy atom. The zero-order chi connectivity index (χ0) is 14.4. The molecule has 1 saturated carbocycles. The van der Waals surface area contributed by atoms with Crippen molar-refractivity contribution in [2.75, 3.05) is 0 Å². The molecule has 1 unspecified atom stereocenters. The molecule has 0 aromatic heterocycles. The number of nitrogens with zero attached hydrogens (tertiary/aromatic N) is 1. The van der Waals surface area contributed by atoms with Crippen LogP contribution in [0.1, 0.15) is 60.3 Å². The van der Waals surface area contributed by atoms with Crippen LogP contribution in [0.5, 0.6) is 0 Å². The first-order chi connectivity index (χ1) is 8.64. The molecule has 0 radical (unpaired) electrons. The van der Waals surface area contributed by atoms with Crippen LogP contribution in [-0.4, -0.2) is 34.2 Å². The predicted octanol–water partition coefficient (Wildman–Crippen LogP) is 2.90. The summed E-state index contributed by atoms with van der Waals surface area (Å²) in [7, 11) is 0. The molecule has 2 N–H and O–H groups in total. The minimum Gasteiger partial charge on any atom is -0.444 e. The van der Waals surface area contributed by atoms with Crippen LogP contribution in [0.25, 0.3) is 0 Å².